The summed E-state index contributed by atoms with van der Waals surface area (Å²) in [7, 11) is 1.61. The molecule has 0 saturated heterocycles. The van der Waals surface area contributed by atoms with Gasteiger partial charge in [-0.05, 0) is 23.3 Å². The quantitative estimate of drug-likeness (QED) is 0.942. The topological polar surface area (TPSA) is 49.8 Å². The molecule has 0 saturated carbocycles. The van der Waals surface area contributed by atoms with E-state index in [0.717, 1.165) is 16.9 Å². The van der Waals surface area contributed by atoms with E-state index < -0.39 is 6.23 Å². The molecule has 1 atom stereocenters. The van der Waals surface area contributed by atoms with E-state index in [1.54, 1.807) is 7.11 Å². The van der Waals surface area contributed by atoms with Gasteiger partial charge in [0, 0.05) is 18.2 Å². The maximum atomic E-state index is 12.2. The van der Waals surface area contributed by atoms with Crippen LogP contribution in [0.5, 0.6) is 5.75 Å². The van der Waals surface area contributed by atoms with Crippen molar-refractivity contribution in [1.82, 2.24) is 4.90 Å². The summed E-state index contributed by atoms with van der Waals surface area (Å²) in [6.07, 6.45) is 0.584. The molecule has 1 amide bonds. The normalized spacial score (nSPS) is 17.5. The summed E-state index contributed by atoms with van der Waals surface area (Å²) in [5.41, 5.74) is 2.44. The van der Waals surface area contributed by atoms with Crippen LogP contribution in [0.1, 0.15) is 11.1 Å². The fourth-order valence-electron chi connectivity index (χ4n) is 2.53. The molecule has 22 heavy (non-hydrogen) atoms. The van der Waals surface area contributed by atoms with Crippen LogP contribution in [0, 0.1) is 0 Å². The van der Waals surface area contributed by atoms with Crippen molar-refractivity contribution in [2.75, 3.05) is 7.11 Å². The number of amides is 1. The molecule has 0 bridgehead atoms. The van der Waals surface area contributed by atoms with Gasteiger partial charge < -0.3 is 14.7 Å². The number of carbonyl (C=O) groups is 1. The van der Waals surface area contributed by atoms with Gasteiger partial charge in [-0.3, -0.25) is 4.79 Å². The number of nitrogens with zero attached hydrogens (tertiary/aromatic N) is 1. The summed E-state index contributed by atoms with van der Waals surface area (Å²) in [5.74, 6) is 0.585. The Morgan fingerprint density at radius 3 is 2.41 bits per heavy atom. The van der Waals surface area contributed by atoms with E-state index in [2.05, 4.69) is 0 Å². The minimum absolute atomic E-state index is 0.179. The lowest BCUT2D eigenvalue weighted by atomic mass is 10.1. The average molecular weight is 295 g/mol. The molecule has 0 aliphatic carbocycles. The second-order valence-corrected chi connectivity index (χ2v) is 5.15. The Bertz CT molecular complexity index is 692. The van der Waals surface area contributed by atoms with Crippen molar-refractivity contribution in [3.63, 3.8) is 0 Å². The highest BCUT2D eigenvalue weighted by molar-refractivity contribution is 6.01. The maximum absolute atomic E-state index is 12.2. The summed E-state index contributed by atoms with van der Waals surface area (Å²) in [5, 5.41) is 10.4. The minimum Gasteiger partial charge on any atom is -0.497 e. The van der Waals surface area contributed by atoms with Gasteiger partial charge in [-0.15, -0.1) is 0 Å². The first-order valence-electron chi connectivity index (χ1n) is 7.07. The largest absolute Gasteiger partial charge is 0.497 e. The molecular formula is C18H17NO3. The van der Waals surface area contributed by atoms with E-state index in [4.69, 9.17) is 4.74 Å². The second kappa shape index (κ2) is 6.03. The molecule has 0 spiro atoms. The van der Waals surface area contributed by atoms with E-state index in [1.807, 2.05) is 54.6 Å². The standard InChI is InChI=1S/C18H17NO3/c1-22-15-9-7-13(8-10-15)12-19-17(20)11-16(18(19)21)14-5-3-2-4-6-14/h2-11,18,21H,12H2,1H3. The summed E-state index contributed by atoms with van der Waals surface area (Å²) < 4.78 is 5.12. The van der Waals surface area contributed by atoms with Crippen molar-refractivity contribution in [3.05, 3.63) is 71.8 Å². The van der Waals surface area contributed by atoms with Crippen LogP contribution in [0.3, 0.4) is 0 Å². The Morgan fingerprint density at radius 1 is 1.09 bits per heavy atom. The molecule has 112 valence electrons. The van der Waals surface area contributed by atoms with Crippen molar-refractivity contribution in [2.24, 2.45) is 0 Å². The first-order valence-corrected chi connectivity index (χ1v) is 7.07. The van der Waals surface area contributed by atoms with Crippen LogP contribution in [0.15, 0.2) is 60.7 Å². The number of hydrogen-bond donors (Lipinski definition) is 1. The molecule has 0 fully saturated rings. The predicted octanol–water partition coefficient (Wildman–Crippen LogP) is 2.44. The SMILES string of the molecule is COc1ccc(CN2C(=O)C=C(c3ccccc3)C2O)cc1. The van der Waals surface area contributed by atoms with E-state index in [0.29, 0.717) is 12.1 Å². The van der Waals surface area contributed by atoms with Crippen LogP contribution in [-0.2, 0) is 11.3 Å². The van der Waals surface area contributed by atoms with Gasteiger partial charge in [-0.1, -0.05) is 42.5 Å². The van der Waals surface area contributed by atoms with Gasteiger partial charge in [-0.25, -0.2) is 0 Å². The minimum atomic E-state index is -0.919. The molecule has 1 heterocycles. The molecule has 0 radical (unpaired) electrons. The molecule has 1 aliphatic rings. The van der Waals surface area contributed by atoms with Crippen LogP contribution in [-0.4, -0.2) is 29.3 Å². The van der Waals surface area contributed by atoms with Crippen LogP contribution >= 0.6 is 0 Å². The number of methoxy groups -OCH3 is 1. The smallest absolute Gasteiger partial charge is 0.249 e. The highest BCUT2D eigenvalue weighted by Crippen LogP contribution is 2.28. The highest BCUT2D eigenvalue weighted by atomic mass is 16.5. The Morgan fingerprint density at radius 2 is 1.77 bits per heavy atom. The van der Waals surface area contributed by atoms with Crippen LogP contribution in [0.25, 0.3) is 5.57 Å². The zero-order valence-electron chi connectivity index (χ0n) is 12.3. The Hall–Kier alpha value is -2.59. The van der Waals surface area contributed by atoms with Crippen LogP contribution < -0.4 is 4.74 Å². The molecule has 1 unspecified atom stereocenters. The van der Waals surface area contributed by atoms with Crippen LogP contribution in [0.4, 0.5) is 0 Å². The third-order valence-corrected chi connectivity index (χ3v) is 3.75. The zero-order valence-corrected chi connectivity index (χ0v) is 12.3. The number of aliphatic hydroxyl groups is 1. The molecular weight excluding hydrogens is 278 g/mol. The molecule has 0 aromatic heterocycles. The summed E-state index contributed by atoms with van der Waals surface area (Å²) in [4.78, 5) is 13.6. The highest BCUT2D eigenvalue weighted by Gasteiger charge is 2.31. The molecule has 3 rings (SSSR count). The number of hydrogen-bond acceptors (Lipinski definition) is 3. The summed E-state index contributed by atoms with van der Waals surface area (Å²) in [6, 6.07) is 16.9. The van der Waals surface area contributed by atoms with Gasteiger partial charge in [0.2, 0.25) is 5.91 Å². The molecule has 4 heteroatoms. The van der Waals surface area contributed by atoms with E-state index >= 15 is 0 Å². The summed E-state index contributed by atoms with van der Waals surface area (Å²) in [6.45, 7) is 0.358. The first kappa shape index (κ1) is 14.4. The molecule has 4 nitrogen and oxygen atoms in total. The lowest BCUT2D eigenvalue weighted by molar-refractivity contribution is -0.131. The third-order valence-electron chi connectivity index (χ3n) is 3.75. The maximum Gasteiger partial charge on any atom is 0.249 e. The number of rotatable bonds is 4. The van der Waals surface area contributed by atoms with Gasteiger partial charge in [-0.2, -0.15) is 0 Å². The number of ether oxygens (including phenoxy) is 1. The van der Waals surface area contributed by atoms with Crippen LogP contribution in [0.2, 0.25) is 0 Å². The lowest BCUT2D eigenvalue weighted by Gasteiger charge is -2.23. The van der Waals surface area contributed by atoms with E-state index in [9.17, 15) is 9.90 Å². The van der Waals surface area contributed by atoms with Crippen molar-refractivity contribution < 1.29 is 14.6 Å². The molecule has 2 aromatic carbocycles. The fourth-order valence-corrected chi connectivity index (χ4v) is 2.53. The molecule has 1 aliphatic heterocycles. The molecule has 2 aromatic rings. The van der Waals surface area contributed by atoms with Crippen molar-refractivity contribution in [2.45, 2.75) is 12.8 Å². The van der Waals surface area contributed by atoms with Crippen molar-refractivity contribution >= 4 is 11.5 Å². The van der Waals surface area contributed by atoms with Gasteiger partial charge in [0.1, 0.15) is 5.75 Å². The Labute approximate surface area is 129 Å². The van der Waals surface area contributed by atoms with Gasteiger partial charge in [0.05, 0.1) is 7.11 Å². The monoisotopic (exact) mass is 295 g/mol. The Balaban J connectivity index is 1.77. The Kier molecular flexibility index (Phi) is 3.94. The summed E-state index contributed by atoms with van der Waals surface area (Å²) >= 11 is 0. The van der Waals surface area contributed by atoms with E-state index in [-0.39, 0.29) is 5.91 Å². The van der Waals surface area contributed by atoms with Crippen molar-refractivity contribution in [1.29, 1.82) is 0 Å². The van der Waals surface area contributed by atoms with Gasteiger partial charge in [0.25, 0.3) is 0 Å². The lowest BCUT2D eigenvalue weighted by Crippen LogP contribution is -2.34. The average Bonchev–Trinajstić information content (AvgIpc) is 2.84. The number of aliphatic hydroxyl groups excluding tert-OH is 1. The number of carbonyl (C=O) groups excluding carboxylic acids is 1. The first-order chi connectivity index (χ1) is 10.7. The third kappa shape index (κ3) is 2.73. The fraction of sp³-hybridized carbons (Fsp3) is 0.167. The second-order valence-electron chi connectivity index (χ2n) is 5.15. The van der Waals surface area contributed by atoms with Crippen molar-refractivity contribution in [3.8, 4) is 5.75 Å². The molecule has 1 N–H and O–H groups in total. The van der Waals surface area contributed by atoms with E-state index in [1.165, 1.54) is 11.0 Å². The van der Waals surface area contributed by atoms with Gasteiger partial charge in [0.15, 0.2) is 6.23 Å². The zero-order chi connectivity index (χ0) is 15.5. The van der Waals surface area contributed by atoms with Gasteiger partial charge >= 0.3 is 0 Å². The predicted molar refractivity (Wildman–Crippen MR) is 84.0 cm³/mol. The number of benzene rings is 2.